The molecule has 0 saturated heterocycles. The Morgan fingerprint density at radius 3 is 1.25 bits per heavy atom. The van der Waals surface area contributed by atoms with Crippen LogP contribution >= 0.6 is 21.5 Å². The monoisotopic (exact) mass is 102 g/mol. The molecule has 0 nitrogen and oxygen atoms in total. The van der Waals surface area contributed by atoms with Crippen LogP contribution in [0.3, 0.4) is 0 Å². The number of hydrogen-bond donors (Lipinski definition) is 0. The summed E-state index contributed by atoms with van der Waals surface area (Å²) in [7, 11) is 3.11. The fourth-order valence-electron chi connectivity index (χ4n) is 0. The van der Waals surface area contributed by atoms with Gasteiger partial charge in [0.15, 0.2) is 0 Å². The zero-order chi connectivity index (χ0) is 2.00. The molecule has 0 N–H and O–H groups in total. The van der Waals surface area contributed by atoms with Gasteiger partial charge in [-0.15, -0.1) is 0 Å². The summed E-state index contributed by atoms with van der Waals surface area (Å²) in [5, 5.41) is 0. The van der Waals surface area contributed by atoms with Gasteiger partial charge in [-0.2, -0.15) is 0 Å². The van der Waals surface area contributed by atoms with Crippen LogP contribution in [0.1, 0.15) is 0 Å². The largest absolute Gasteiger partial charge is 0.0464 e. The molecule has 4 heavy (non-hydrogen) atoms. The summed E-state index contributed by atoms with van der Waals surface area (Å²) in [4.78, 5) is 0. The molecule has 4 radical (unpaired) electrons. The van der Waals surface area contributed by atoms with Crippen molar-refractivity contribution in [3.8, 4) is 0 Å². The van der Waals surface area contributed by atoms with E-state index in [4.69, 9.17) is 0 Å². The fraction of sp³-hybridized carbons (Fsp3) is 0. The molecule has 0 saturated carbocycles. The Labute approximate surface area is 52.2 Å². The molecule has 0 bridgehead atoms. The van der Waals surface area contributed by atoms with E-state index in [-0.39, 0.29) is 32.4 Å². The van der Waals surface area contributed by atoms with Gasteiger partial charge in [-0.1, -0.05) is 0 Å². The van der Waals surface area contributed by atoms with Gasteiger partial charge in [0.05, 0.1) is 0 Å². The average Bonchev–Trinajstić information content (AvgIpc) is 1.00. The van der Waals surface area contributed by atoms with E-state index in [0.29, 0.717) is 0 Å². The van der Waals surface area contributed by atoms with E-state index in [1.54, 1.807) is 0 Å². The van der Waals surface area contributed by atoms with E-state index in [1.165, 1.54) is 0 Å². The van der Waals surface area contributed by atoms with Crippen molar-refractivity contribution < 1.29 is 0 Å². The Bertz CT molecular complexity index is 6.00. The van der Waals surface area contributed by atoms with Crippen molar-refractivity contribution in [2.75, 3.05) is 0 Å². The predicted molar refractivity (Wildman–Crippen MR) is 27.6 cm³/mol. The van der Waals surface area contributed by atoms with Crippen LogP contribution < -0.4 is 0 Å². The molecule has 0 atom stereocenters. The Hall–Kier alpha value is 1.47. The topological polar surface area (TPSA) is 0 Å². The molecule has 0 aliphatic carbocycles. The molecule has 0 unspecified atom stereocenters. The normalized spacial score (nSPS) is 1.00. The van der Waals surface area contributed by atoms with Gasteiger partial charge in [0.2, 0.25) is 0 Å². The standard InChI is InChI=1S/Li.PS.S/c;1-2;. The molecular formula is LiPS2. The van der Waals surface area contributed by atoms with Gasteiger partial charge in [-0.25, -0.2) is 0 Å². The minimum Gasteiger partial charge on any atom is -0.0464 e. The van der Waals surface area contributed by atoms with Crippen molar-refractivity contribution in [1.29, 1.82) is 0 Å². The summed E-state index contributed by atoms with van der Waals surface area (Å²) < 4.78 is 0. The van der Waals surface area contributed by atoms with Gasteiger partial charge < -0.3 is 0 Å². The van der Waals surface area contributed by atoms with Crippen molar-refractivity contribution in [3.05, 3.63) is 0 Å². The van der Waals surface area contributed by atoms with Gasteiger partial charge in [0.25, 0.3) is 0 Å². The minimum absolute atomic E-state index is 0. The number of rotatable bonds is 0. The van der Waals surface area contributed by atoms with Crippen LogP contribution in [-0.2, 0) is 11.8 Å². The SMILES string of the molecule is [Li].[P]=S.[S]. The van der Waals surface area contributed by atoms with Crippen molar-refractivity contribution in [3.63, 3.8) is 0 Å². The summed E-state index contributed by atoms with van der Waals surface area (Å²) in [6.07, 6.45) is 0. The van der Waals surface area contributed by atoms with Gasteiger partial charge in [0, 0.05) is 40.4 Å². The van der Waals surface area contributed by atoms with E-state index >= 15 is 0 Å². The molecule has 0 fully saturated rings. The third kappa shape index (κ3) is 9.80. The maximum absolute atomic E-state index is 3.78. The maximum atomic E-state index is 3.78. The smallest absolute Gasteiger partial charge is 0.0464 e. The minimum atomic E-state index is 0. The molecule has 0 rings (SSSR count). The quantitative estimate of drug-likeness (QED) is 0.326. The second-order valence-electron chi connectivity index (χ2n) is 0. The van der Waals surface area contributed by atoms with Crippen LogP contribution in [0.15, 0.2) is 0 Å². The Kier molecular flexibility index (Phi) is 112. The summed E-state index contributed by atoms with van der Waals surface area (Å²) in [5.74, 6) is 0. The molecule has 0 aromatic heterocycles. The van der Waals surface area contributed by atoms with E-state index in [2.05, 4.69) is 19.8 Å². The van der Waals surface area contributed by atoms with Gasteiger partial charge in [0.1, 0.15) is 0 Å². The van der Waals surface area contributed by atoms with E-state index in [0.717, 1.165) is 0 Å². The van der Waals surface area contributed by atoms with Gasteiger partial charge in [-0.05, 0) is 11.8 Å². The van der Waals surface area contributed by atoms with Crippen molar-refractivity contribution >= 4 is 52.2 Å². The first-order valence-corrected chi connectivity index (χ1v) is 1.64. The van der Waals surface area contributed by atoms with Crippen LogP contribution in [0.4, 0.5) is 0 Å². The summed E-state index contributed by atoms with van der Waals surface area (Å²) in [5.41, 5.74) is 0. The summed E-state index contributed by atoms with van der Waals surface area (Å²) >= 11 is 3.78. The molecule has 18 valence electrons. The van der Waals surface area contributed by atoms with Crippen LogP contribution in [0.5, 0.6) is 0 Å². The molecule has 0 heterocycles. The third-order valence-electron chi connectivity index (χ3n) is 0. The van der Waals surface area contributed by atoms with Crippen LogP contribution in [-0.4, -0.2) is 18.9 Å². The summed E-state index contributed by atoms with van der Waals surface area (Å²) in [6, 6.07) is 0. The second-order valence-corrected chi connectivity index (χ2v) is 0. The molecular weight excluding hydrogens is 102 g/mol. The third-order valence-corrected chi connectivity index (χ3v) is 0. The van der Waals surface area contributed by atoms with Crippen LogP contribution in [0, 0.1) is 0 Å². The van der Waals surface area contributed by atoms with Gasteiger partial charge in [-0.3, -0.25) is 0 Å². The van der Waals surface area contributed by atoms with Crippen molar-refractivity contribution in [2.45, 2.75) is 0 Å². The molecule has 0 aliphatic rings. The van der Waals surface area contributed by atoms with Crippen LogP contribution in [0.2, 0.25) is 0 Å². The number of hydrogen-bond acceptors (Lipinski definition) is 1. The average molecular weight is 102 g/mol. The maximum Gasteiger partial charge on any atom is 0.0464 e. The first kappa shape index (κ1) is 17.9. The first-order valence-electron chi connectivity index (χ1n) is 0.183. The molecule has 0 aromatic carbocycles. The molecule has 4 heteroatoms. The van der Waals surface area contributed by atoms with Crippen LogP contribution in [0.25, 0.3) is 0 Å². The molecule has 0 aromatic rings. The Morgan fingerprint density at radius 1 is 1.25 bits per heavy atom. The zero-order valence-electron chi connectivity index (χ0n) is 2.26. The van der Waals surface area contributed by atoms with E-state index in [9.17, 15) is 0 Å². The van der Waals surface area contributed by atoms with Crippen molar-refractivity contribution in [2.24, 2.45) is 0 Å². The Balaban J connectivity index is -0.00000000500. The van der Waals surface area contributed by atoms with E-state index < -0.39 is 0 Å². The Morgan fingerprint density at radius 2 is 1.25 bits per heavy atom. The fourth-order valence-corrected chi connectivity index (χ4v) is 0. The van der Waals surface area contributed by atoms with Crippen molar-refractivity contribution in [1.82, 2.24) is 0 Å². The zero-order valence-corrected chi connectivity index (χ0v) is 4.79. The molecule has 0 aliphatic heterocycles. The first-order chi connectivity index (χ1) is 1.00. The molecule has 0 spiro atoms. The second kappa shape index (κ2) is 24.9. The van der Waals surface area contributed by atoms with E-state index in [1.807, 2.05) is 0 Å². The van der Waals surface area contributed by atoms with Gasteiger partial charge >= 0.3 is 0 Å². The molecule has 0 amide bonds. The summed E-state index contributed by atoms with van der Waals surface area (Å²) in [6.45, 7) is 0. The predicted octanol–water partition coefficient (Wildman–Crippen LogP) is 1.13.